The number of nitrogens with two attached hydrogens (primary N) is 1. The van der Waals surface area contributed by atoms with E-state index in [9.17, 15) is 0 Å². The molecule has 0 bridgehead atoms. The minimum absolute atomic E-state index is 0.836. The van der Waals surface area contributed by atoms with Crippen LogP contribution in [0.2, 0.25) is 0 Å². The standard InChI is InChI=1S/C9H14N2.H2O4S/c1-8-2-4-9(5-3-8)6-7-11-10;1-5(2,3)4/h2-5,11H,6-7,10H2,1H3;(H2,1,2,3,4)/p-2. The normalized spacial score (nSPS) is 10.5. The third kappa shape index (κ3) is 11.1. The first-order valence-corrected chi connectivity index (χ1v) is 5.82. The van der Waals surface area contributed by atoms with E-state index in [1.165, 1.54) is 11.1 Å². The summed E-state index contributed by atoms with van der Waals surface area (Å²) >= 11 is 0. The van der Waals surface area contributed by atoms with Crippen LogP contribution in [0.4, 0.5) is 0 Å². The molecule has 0 fully saturated rings. The summed E-state index contributed by atoms with van der Waals surface area (Å²) in [6, 6.07) is 8.50. The Morgan fingerprint density at radius 3 is 2.06 bits per heavy atom. The number of benzene rings is 1. The Bertz CT molecular complexity index is 380. The van der Waals surface area contributed by atoms with E-state index in [1.54, 1.807) is 0 Å². The molecule has 1 aromatic carbocycles. The van der Waals surface area contributed by atoms with Gasteiger partial charge in [-0.25, -0.2) is 0 Å². The Morgan fingerprint density at radius 1 is 1.25 bits per heavy atom. The zero-order valence-electron chi connectivity index (χ0n) is 8.84. The molecule has 0 saturated carbocycles. The van der Waals surface area contributed by atoms with Crippen molar-refractivity contribution in [1.82, 2.24) is 5.43 Å². The molecule has 6 nitrogen and oxygen atoms in total. The highest BCUT2D eigenvalue weighted by atomic mass is 32.3. The van der Waals surface area contributed by atoms with Crippen molar-refractivity contribution in [2.75, 3.05) is 6.54 Å². The molecule has 0 radical (unpaired) electrons. The first kappa shape index (κ1) is 15.0. The van der Waals surface area contributed by atoms with Gasteiger partial charge < -0.3 is 9.11 Å². The van der Waals surface area contributed by atoms with Crippen molar-refractivity contribution in [1.29, 1.82) is 0 Å². The van der Waals surface area contributed by atoms with E-state index in [0.717, 1.165) is 13.0 Å². The minimum Gasteiger partial charge on any atom is -0.759 e. The van der Waals surface area contributed by atoms with Gasteiger partial charge in [0.1, 0.15) is 0 Å². The van der Waals surface area contributed by atoms with Crippen LogP contribution < -0.4 is 11.3 Å². The Balaban J connectivity index is 0.000000385. The average molecular weight is 246 g/mol. The van der Waals surface area contributed by atoms with Gasteiger partial charge in [0.15, 0.2) is 0 Å². The second kappa shape index (κ2) is 7.31. The molecule has 0 aliphatic heterocycles. The number of hydrogen-bond donors (Lipinski definition) is 2. The van der Waals surface area contributed by atoms with Crippen LogP contribution in [0.3, 0.4) is 0 Å². The Labute approximate surface area is 95.0 Å². The Hall–Kier alpha value is -0.990. The Morgan fingerprint density at radius 2 is 1.69 bits per heavy atom. The first-order chi connectivity index (χ1) is 7.33. The van der Waals surface area contributed by atoms with E-state index in [-0.39, 0.29) is 0 Å². The second-order valence-electron chi connectivity index (χ2n) is 3.10. The highest BCUT2D eigenvalue weighted by Crippen LogP contribution is 2.02. The van der Waals surface area contributed by atoms with Crippen LogP contribution in [0, 0.1) is 6.92 Å². The number of rotatable bonds is 3. The van der Waals surface area contributed by atoms with Gasteiger partial charge in [-0.3, -0.25) is 19.7 Å². The number of hydrazine groups is 1. The molecule has 1 rings (SSSR count). The summed E-state index contributed by atoms with van der Waals surface area (Å²) in [7, 11) is -5.17. The van der Waals surface area contributed by atoms with Crippen molar-refractivity contribution in [3.63, 3.8) is 0 Å². The fourth-order valence-corrected chi connectivity index (χ4v) is 0.971. The molecule has 3 N–H and O–H groups in total. The highest BCUT2D eigenvalue weighted by molar-refractivity contribution is 7.79. The molecule has 0 atom stereocenters. The summed E-state index contributed by atoms with van der Waals surface area (Å²) in [6.45, 7) is 2.92. The quantitative estimate of drug-likeness (QED) is 0.326. The van der Waals surface area contributed by atoms with E-state index in [1.807, 2.05) is 0 Å². The van der Waals surface area contributed by atoms with Gasteiger partial charge in [0.05, 0.1) is 0 Å². The minimum atomic E-state index is -5.17. The third-order valence-corrected chi connectivity index (χ3v) is 1.68. The molecule has 0 unspecified atom stereocenters. The average Bonchev–Trinajstić information content (AvgIpc) is 2.14. The van der Waals surface area contributed by atoms with Crippen molar-refractivity contribution < 1.29 is 17.5 Å². The van der Waals surface area contributed by atoms with Crippen LogP contribution in [0.15, 0.2) is 24.3 Å². The largest absolute Gasteiger partial charge is 0.759 e. The van der Waals surface area contributed by atoms with E-state index in [2.05, 4.69) is 36.6 Å². The highest BCUT2D eigenvalue weighted by Gasteiger charge is 1.89. The van der Waals surface area contributed by atoms with Crippen LogP contribution in [-0.4, -0.2) is 24.1 Å². The van der Waals surface area contributed by atoms with Crippen LogP contribution in [-0.2, 0) is 16.8 Å². The lowest BCUT2D eigenvalue weighted by Crippen LogP contribution is -2.24. The van der Waals surface area contributed by atoms with E-state index < -0.39 is 10.4 Å². The van der Waals surface area contributed by atoms with Gasteiger partial charge in [0.25, 0.3) is 0 Å². The maximum atomic E-state index is 8.52. The topological polar surface area (TPSA) is 118 Å². The molecule has 0 saturated heterocycles. The maximum absolute atomic E-state index is 8.52. The van der Waals surface area contributed by atoms with Gasteiger partial charge in [0.2, 0.25) is 0 Å². The predicted molar refractivity (Wildman–Crippen MR) is 57.5 cm³/mol. The second-order valence-corrected chi connectivity index (χ2v) is 3.91. The van der Waals surface area contributed by atoms with Crippen molar-refractivity contribution in [2.45, 2.75) is 13.3 Å². The zero-order valence-corrected chi connectivity index (χ0v) is 9.66. The molecule has 0 amide bonds. The molecule has 1 aromatic rings. The molecule has 0 spiro atoms. The van der Waals surface area contributed by atoms with Gasteiger partial charge in [-0.15, -0.1) is 0 Å². The monoisotopic (exact) mass is 246 g/mol. The fraction of sp³-hybridized carbons (Fsp3) is 0.333. The third-order valence-electron chi connectivity index (χ3n) is 1.68. The summed E-state index contributed by atoms with van der Waals surface area (Å²) in [5, 5.41) is 0. The van der Waals surface area contributed by atoms with Crippen molar-refractivity contribution in [3.8, 4) is 0 Å². The predicted octanol–water partition coefficient (Wildman–Crippen LogP) is -0.337. The van der Waals surface area contributed by atoms with Gasteiger partial charge in [-0.2, -0.15) is 0 Å². The van der Waals surface area contributed by atoms with E-state index in [0.29, 0.717) is 0 Å². The summed E-state index contributed by atoms with van der Waals surface area (Å²) in [5.41, 5.74) is 5.26. The molecular weight excluding hydrogens is 232 g/mol. The molecule has 0 aliphatic rings. The summed E-state index contributed by atoms with van der Waals surface area (Å²) in [4.78, 5) is 0. The number of hydrogen-bond acceptors (Lipinski definition) is 6. The lowest BCUT2D eigenvalue weighted by molar-refractivity contribution is 0.352. The van der Waals surface area contributed by atoms with Gasteiger partial charge in [-0.05, 0) is 18.9 Å². The van der Waals surface area contributed by atoms with E-state index in [4.69, 9.17) is 23.4 Å². The van der Waals surface area contributed by atoms with Crippen molar-refractivity contribution >= 4 is 10.4 Å². The smallest absolute Gasteiger partial charge is 0.0311 e. The molecular formula is C9H14N2O4S-2. The Kier molecular flexibility index (Phi) is 6.86. The zero-order chi connectivity index (χ0) is 12.6. The molecule has 0 heterocycles. The molecule has 7 heteroatoms. The van der Waals surface area contributed by atoms with Gasteiger partial charge >= 0.3 is 0 Å². The lowest BCUT2D eigenvalue weighted by Gasteiger charge is -2.06. The van der Waals surface area contributed by atoms with Gasteiger partial charge in [-0.1, -0.05) is 29.8 Å². The fourth-order valence-electron chi connectivity index (χ4n) is 0.971. The SMILES string of the molecule is Cc1ccc(CCNN)cc1.O=S(=O)([O-])[O-]. The van der Waals surface area contributed by atoms with Crippen molar-refractivity contribution in [2.24, 2.45) is 5.84 Å². The molecule has 0 aliphatic carbocycles. The molecule has 92 valence electrons. The summed E-state index contributed by atoms with van der Waals surface area (Å²) < 4.78 is 34.1. The van der Waals surface area contributed by atoms with Crippen LogP contribution in [0.25, 0.3) is 0 Å². The summed E-state index contributed by atoms with van der Waals surface area (Å²) in [5.74, 6) is 5.16. The lowest BCUT2D eigenvalue weighted by atomic mass is 10.1. The van der Waals surface area contributed by atoms with Crippen LogP contribution in [0.5, 0.6) is 0 Å². The van der Waals surface area contributed by atoms with Crippen molar-refractivity contribution in [3.05, 3.63) is 35.4 Å². The molecule has 16 heavy (non-hydrogen) atoms. The summed E-state index contributed by atoms with van der Waals surface area (Å²) in [6.07, 6.45) is 0.997. The van der Waals surface area contributed by atoms with E-state index >= 15 is 0 Å². The van der Waals surface area contributed by atoms with Gasteiger partial charge in [0, 0.05) is 16.9 Å². The number of aryl methyl sites for hydroxylation is 1. The number of nitrogens with one attached hydrogen (secondary N) is 1. The first-order valence-electron chi connectivity index (χ1n) is 4.48. The van der Waals surface area contributed by atoms with Crippen LogP contribution in [0.1, 0.15) is 11.1 Å². The van der Waals surface area contributed by atoms with Crippen LogP contribution >= 0.6 is 0 Å². The maximum Gasteiger partial charge on any atom is 0.0311 e. The molecule has 0 aromatic heterocycles.